The molecule has 21 heavy (non-hydrogen) atoms. The molecule has 3 N–H and O–H groups in total. The number of hydrogen-bond acceptors (Lipinski definition) is 3. The molecular weight excluding hydrogens is 356 g/mol. The zero-order chi connectivity index (χ0) is 14.5. The van der Waals surface area contributed by atoms with Crippen molar-refractivity contribution in [2.45, 2.75) is 13.0 Å². The maximum atomic E-state index is 11.6. The topological polar surface area (TPSA) is 64.3 Å². The molecule has 0 radical (unpaired) electrons. The van der Waals surface area contributed by atoms with Gasteiger partial charge in [-0.2, -0.15) is 0 Å². The van der Waals surface area contributed by atoms with E-state index in [0.29, 0.717) is 12.3 Å². The predicted molar refractivity (Wildman–Crippen MR) is 91.1 cm³/mol. The van der Waals surface area contributed by atoms with E-state index in [9.17, 15) is 4.79 Å². The van der Waals surface area contributed by atoms with E-state index >= 15 is 0 Å². The number of halogens is 2. The molecule has 0 saturated carbocycles. The van der Waals surface area contributed by atoms with Gasteiger partial charge >= 0.3 is 0 Å². The van der Waals surface area contributed by atoms with Crippen molar-refractivity contribution in [3.63, 3.8) is 0 Å². The Balaban J connectivity index is 0.00000220. The standard InChI is InChI=1S/C15H17BrN2O2.ClH/c1-10(8-17)18-15(19)9-20-14-5-3-11-6-13(16)4-2-12(11)7-14;/h2-7,10H,8-9,17H2,1H3,(H,18,19);1H/t10-;/m0./s1. The van der Waals surface area contributed by atoms with E-state index < -0.39 is 0 Å². The van der Waals surface area contributed by atoms with Crippen LogP contribution in [0, 0.1) is 0 Å². The fourth-order valence-electron chi connectivity index (χ4n) is 1.81. The fourth-order valence-corrected chi connectivity index (χ4v) is 2.19. The highest BCUT2D eigenvalue weighted by Gasteiger charge is 2.06. The Labute approximate surface area is 138 Å². The quantitative estimate of drug-likeness (QED) is 0.847. The summed E-state index contributed by atoms with van der Waals surface area (Å²) in [4.78, 5) is 11.6. The van der Waals surface area contributed by atoms with E-state index in [1.807, 2.05) is 43.3 Å². The van der Waals surface area contributed by atoms with Crippen molar-refractivity contribution in [2.24, 2.45) is 5.73 Å². The number of nitrogens with two attached hydrogens (primary N) is 1. The lowest BCUT2D eigenvalue weighted by atomic mass is 10.1. The van der Waals surface area contributed by atoms with Gasteiger partial charge in [0, 0.05) is 17.1 Å². The summed E-state index contributed by atoms with van der Waals surface area (Å²) < 4.78 is 6.52. The summed E-state index contributed by atoms with van der Waals surface area (Å²) in [5.74, 6) is 0.509. The Hall–Kier alpha value is -1.30. The zero-order valence-electron chi connectivity index (χ0n) is 11.6. The van der Waals surface area contributed by atoms with Crippen LogP contribution in [0.1, 0.15) is 6.92 Å². The van der Waals surface area contributed by atoms with Crippen LogP contribution in [0.5, 0.6) is 5.75 Å². The van der Waals surface area contributed by atoms with Gasteiger partial charge in [0.15, 0.2) is 6.61 Å². The molecule has 2 rings (SSSR count). The number of amides is 1. The SMILES string of the molecule is C[C@@H](CN)NC(=O)COc1ccc2cc(Br)ccc2c1.Cl. The molecular formula is C15H18BrClN2O2. The lowest BCUT2D eigenvalue weighted by molar-refractivity contribution is -0.123. The van der Waals surface area contributed by atoms with Crippen molar-refractivity contribution >= 4 is 45.0 Å². The van der Waals surface area contributed by atoms with Gasteiger partial charge in [-0.1, -0.05) is 28.1 Å². The van der Waals surface area contributed by atoms with Gasteiger partial charge in [0.1, 0.15) is 5.75 Å². The van der Waals surface area contributed by atoms with Gasteiger partial charge in [0.2, 0.25) is 0 Å². The summed E-state index contributed by atoms with van der Waals surface area (Å²) in [5.41, 5.74) is 5.44. The molecule has 0 heterocycles. The highest BCUT2D eigenvalue weighted by molar-refractivity contribution is 9.10. The van der Waals surface area contributed by atoms with Gasteiger partial charge in [-0.25, -0.2) is 0 Å². The minimum Gasteiger partial charge on any atom is -0.484 e. The van der Waals surface area contributed by atoms with Gasteiger partial charge < -0.3 is 15.8 Å². The predicted octanol–water partition coefficient (Wildman–Crippen LogP) is 2.87. The van der Waals surface area contributed by atoms with E-state index in [1.54, 1.807) is 0 Å². The summed E-state index contributed by atoms with van der Waals surface area (Å²) in [5, 5.41) is 4.94. The van der Waals surface area contributed by atoms with E-state index in [1.165, 1.54) is 0 Å². The van der Waals surface area contributed by atoms with Crippen LogP contribution >= 0.6 is 28.3 Å². The molecule has 0 unspecified atom stereocenters. The fraction of sp³-hybridized carbons (Fsp3) is 0.267. The van der Waals surface area contributed by atoms with E-state index in [4.69, 9.17) is 10.5 Å². The van der Waals surface area contributed by atoms with Gasteiger partial charge in [-0.15, -0.1) is 12.4 Å². The summed E-state index contributed by atoms with van der Waals surface area (Å²) in [6, 6.07) is 11.7. The number of rotatable bonds is 5. The molecule has 1 amide bonds. The van der Waals surface area contributed by atoms with Crippen LogP contribution in [0.15, 0.2) is 40.9 Å². The lowest BCUT2D eigenvalue weighted by Crippen LogP contribution is -2.40. The van der Waals surface area contributed by atoms with Crippen molar-refractivity contribution in [3.05, 3.63) is 40.9 Å². The summed E-state index contributed by atoms with van der Waals surface area (Å²) >= 11 is 3.44. The highest BCUT2D eigenvalue weighted by atomic mass is 79.9. The average molecular weight is 374 g/mol. The van der Waals surface area contributed by atoms with Crippen LogP contribution in [-0.4, -0.2) is 25.1 Å². The van der Waals surface area contributed by atoms with Crippen molar-refractivity contribution in [1.29, 1.82) is 0 Å². The molecule has 2 aromatic rings. The number of carbonyl (C=O) groups is 1. The second-order valence-electron chi connectivity index (χ2n) is 4.65. The molecule has 0 fully saturated rings. The monoisotopic (exact) mass is 372 g/mol. The maximum Gasteiger partial charge on any atom is 0.258 e. The number of nitrogens with one attached hydrogen (secondary N) is 1. The van der Waals surface area contributed by atoms with Crippen LogP contribution in [0.3, 0.4) is 0 Å². The van der Waals surface area contributed by atoms with Gasteiger partial charge in [0.05, 0.1) is 0 Å². The van der Waals surface area contributed by atoms with Crippen LogP contribution in [0.2, 0.25) is 0 Å². The van der Waals surface area contributed by atoms with E-state index in [0.717, 1.165) is 15.2 Å². The van der Waals surface area contributed by atoms with Crippen molar-refractivity contribution in [3.8, 4) is 5.75 Å². The maximum absolute atomic E-state index is 11.6. The molecule has 114 valence electrons. The number of carbonyl (C=O) groups excluding carboxylic acids is 1. The molecule has 6 heteroatoms. The van der Waals surface area contributed by atoms with Gasteiger partial charge in [-0.3, -0.25) is 4.79 Å². The number of ether oxygens (including phenoxy) is 1. The minimum atomic E-state index is -0.168. The molecule has 4 nitrogen and oxygen atoms in total. The highest BCUT2D eigenvalue weighted by Crippen LogP contribution is 2.24. The number of benzene rings is 2. The van der Waals surface area contributed by atoms with Gasteiger partial charge in [-0.05, 0) is 42.0 Å². The normalized spacial score (nSPS) is 11.6. The lowest BCUT2D eigenvalue weighted by Gasteiger charge is -2.12. The Bertz CT molecular complexity index is 622. The largest absolute Gasteiger partial charge is 0.484 e. The smallest absolute Gasteiger partial charge is 0.258 e. The third-order valence-corrected chi connectivity index (χ3v) is 3.40. The average Bonchev–Trinajstić information content (AvgIpc) is 2.44. The van der Waals surface area contributed by atoms with Crippen LogP contribution in [0.4, 0.5) is 0 Å². The van der Waals surface area contributed by atoms with E-state index in [-0.39, 0.29) is 31.0 Å². The molecule has 0 aliphatic carbocycles. The van der Waals surface area contributed by atoms with Crippen LogP contribution in [-0.2, 0) is 4.79 Å². The van der Waals surface area contributed by atoms with Crippen molar-refractivity contribution in [1.82, 2.24) is 5.32 Å². The minimum absolute atomic E-state index is 0. The molecule has 0 aromatic heterocycles. The molecule has 0 aliphatic rings. The number of fused-ring (bicyclic) bond motifs is 1. The second-order valence-corrected chi connectivity index (χ2v) is 5.56. The summed E-state index contributed by atoms with van der Waals surface area (Å²) in [6.07, 6.45) is 0. The molecule has 0 aliphatic heterocycles. The Kier molecular flexibility index (Phi) is 6.95. The van der Waals surface area contributed by atoms with Crippen molar-refractivity contribution < 1.29 is 9.53 Å². The third kappa shape index (κ3) is 5.19. The second kappa shape index (κ2) is 8.22. The van der Waals surface area contributed by atoms with Crippen molar-refractivity contribution in [2.75, 3.05) is 13.2 Å². The first-order valence-electron chi connectivity index (χ1n) is 6.40. The van der Waals surface area contributed by atoms with E-state index in [2.05, 4.69) is 21.2 Å². The molecule has 0 saturated heterocycles. The Morgan fingerprint density at radius 2 is 1.95 bits per heavy atom. The zero-order valence-corrected chi connectivity index (χ0v) is 14.0. The molecule has 0 bridgehead atoms. The van der Waals surface area contributed by atoms with Gasteiger partial charge in [0.25, 0.3) is 5.91 Å². The number of hydrogen-bond donors (Lipinski definition) is 2. The first kappa shape index (κ1) is 17.8. The third-order valence-electron chi connectivity index (χ3n) is 2.90. The Morgan fingerprint density at radius 1 is 1.29 bits per heavy atom. The summed E-state index contributed by atoms with van der Waals surface area (Å²) in [6.45, 7) is 2.26. The molecule has 1 atom stereocenters. The summed E-state index contributed by atoms with van der Waals surface area (Å²) in [7, 11) is 0. The van der Waals surface area contributed by atoms with Crippen LogP contribution < -0.4 is 15.8 Å². The molecule has 2 aromatic carbocycles. The van der Waals surface area contributed by atoms with Crippen LogP contribution in [0.25, 0.3) is 10.8 Å². The molecule has 0 spiro atoms. The Morgan fingerprint density at radius 3 is 2.67 bits per heavy atom. The first-order valence-corrected chi connectivity index (χ1v) is 7.19. The first-order chi connectivity index (χ1) is 9.58.